The van der Waals surface area contributed by atoms with Crippen molar-refractivity contribution in [3.63, 3.8) is 0 Å². The van der Waals surface area contributed by atoms with Crippen molar-refractivity contribution in [1.82, 2.24) is 4.57 Å². The lowest BCUT2D eigenvalue weighted by molar-refractivity contribution is -0.00509. The summed E-state index contributed by atoms with van der Waals surface area (Å²) in [5.74, 6) is 4.35. The van der Waals surface area contributed by atoms with E-state index in [1.807, 2.05) is 0 Å². The van der Waals surface area contributed by atoms with Gasteiger partial charge in [0, 0.05) is 43.9 Å². The van der Waals surface area contributed by atoms with Gasteiger partial charge in [0.1, 0.15) is 0 Å². The third-order valence-electron chi connectivity index (χ3n) is 22.5. The summed E-state index contributed by atoms with van der Waals surface area (Å²) in [4.78, 5) is 2.85. The Kier molecular flexibility index (Phi) is 8.77. The van der Waals surface area contributed by atoms with E-state index in [1.165, 1.54) is 182 Å². The molecule has 0 spiro atoms. The number of hydrogen-bond acceptors (Lipinski definition) is 1. The van der Waals surface area contributed by atoms with Crippen LogP contribution in [-0.2, 0) is 21.7 Å². The minimum Gasteiger partial charge on any atom is -0.376 e. The van der Waals surface area contributed by atoms with Crippen LogP contribution in [0.4, 0.5) is 11.4 Å². The zero-order valence-corrected chi connectivity index (χ0v) is 44.8. The first-order valence-corrected chi connectivity index (χ1v) is 29.4. The molecule has 6 saturated carbocycles. The van der Waals surface area contributed by atoms with Crippen molar-refractivity contribution in [1.29, 1.82) is 0 Å². The van der Waals surface area contributed by atoms with Crippen molar-refractivity contribution in [3.8, 4) is 27.9 Å². The molecule has 8 aromatic carbocycles. The second-order valence-corrected chi connectivity index (χ2v) is 27.1. The average molecular weight is 973 g/mol. The van der Waals surface area contributed by atoms with Gasteiger partial charge in [-0.2, -0.15) is 0 Å². The van der Waals surface area contributed by atoms with Gasteiger partial charge in [-0.05, 0) is 220 Å². The second-order valence-electron chi connectivity index (χ2n) is 27.1. The molecule has 7 aliphatic carbocycles. The normalized spacial score (nSPS) is 27.7. The molecule has 9 aromatic rings. The van der Waals surface area contributed by atoms with Crippen LogP contribution in [0.2, 0.25) is 0 Å². The highest BCUT2D eigenvalue weighted by Crippen LogP contribution is 2.62. The van der Waals surface area contributed by atoms with E-state index >= 15 is 0 Å². The molecule has 75 heavy (non-hydrogen) atoms. The standard InChI is InChI=1S/C72H69BN2/c1-6-71(38-43-20-21-44(28-43)39-71)51-24-27-64-55(33-51)58-34-52(72-40-45-29-46(41-72)31-47(30-45)42-72)35-63-67(58)74(64)68-54-17-11-10-16-50(54)32-57-56-36-61-62(70(4,5)60-19-13-12-18-59(60)69(61,2)3)37-65(56)75(73(63)66(57)68)53-25-22-49(23-26-53)48-14-8-7-9-15-48/h7-19,22-27,32-37,43-47H,6,20-21,28-31,38-42H2,1-5H3. The van der Waals surface area contributed by atoms with Crippen molar-refractivity contribution in [2.75, 3.05) is 4.81 Å². The Hall–Kier alpha value is -6.32. The van der Waals surface area contributed by atoms with E-state index in [0.717, 1.165) is 29.6 Å². The highest BCUT2D eigenvalue weighted by atomic mass is 15.1. The van der Waals surface area contributed by atoms with Crippen molar-refractivity contribution < 1.29 is 0 Å². The van der Waals surface area contributed by atoms with Crippen molar-refractivity contribution in [3.05, 3.63) is 185 Å². The third kappa shape index (κ3) is 5.84. The highest BCUT2D eigenvalue weighted by Gasteiger charge is 2.54. The fourth-order valence-electron chi connectivity index (χ4n) is 19.5. The van der Waals surface area contributed by atoms with Crippen LogP contribution in [-0.4, -0.2) is 11.4 Å². The third-order valence-corrected chi connectivity index (χ3v) is 22.5. The molecule has 3 heterocycles. The quantitative estimate of drug-likeness (QED) is 0.156. The van der Waals surface area contributed by atoms with E-state index in [2.05, 4.69) is 196 Å². The Balaban J connectivity index is 1.00. The summed E-state index contributed by atoms with van der Waals surface area (Å²) < 4.78 is 2.82. The molecular weight excluding hydrogens is 904 g/mol. The van der Waals surface area contributed by atoms with Crippen LogP contribution in [0.5, 0.6) is 0 Å². The number of aromatic nitrogens is 1. The van der Waals surface area contributed by atoms with Crippen LogP contribution in [0.15, 0.2) is 152 Å². The van der Waals surface area contributed by atoms with Crippen LogP contribution < -0.4 is 15.7 Å². The number of benzene rings is 8. The highest BCUT2D eigenvalue weighted by molar-refractivity contribution is 6.94. The van der Waals surface area contributed by atoms with Gasteiger partial charge >= 0.3 is 6.85 Å². The van der Waals surface area contributed by atoms with Gasteiger partial charge in [0.25, 0.3) is 0 Å². The molecule has 9 aliphatic rings. The van der Waals surface area contributed by atoms with Crippen molar-refractivity contribution in [2.24, 2.45) is 29.6 Å². The number of fused-ring (bicyclic) bond motifs is 13. The monoisotopic (exact) mass is 973 g/mol. The molecule has 0 saturated heterocycles. The van der Waals surface area contributed by atoms with E-state index in [4.69, 9.17) is 0 Å². The Morgan fingerprint density at radius 2 is 1.12 bits per heavy atom. The maximum absolute atomic E-state index is 2.85. The van der Waals surface area contributed by atoms with Gasteiger partial charge in [0.05, 0.1) is 16.7 Å². The smallest absolute Gasteiger partial charge is 0.333 e. The minimum absolute atomic E-state index is 0.0386. The van der Waals surface area contributed by atoms with E-state index < -0.39 is 0 Å². The molecule has 2 atom stereocenters. The average Bonchev–Trinajstić information content (AvgIpc) is 4.00. The van der Waals surface area contributed by atoms with Gasteiger partial charge in [-0.25, -0.2) is 0 Å². The van der Waals surface area contributed by atoms with Gasteiger partial charge in [-0.15, -0.1) is 0 Å². The molecular formula is C72H69BN2. The van der Waals surface area contributed by atoms with Crippen LogP contribution in [0.25, 0.3) is 60.5 Å². The van der Waals surface area contributed by atoms with Gasteiger partial charge in [-0.1, -0.05) is 151 Å². The van der Waals surface area contributed by atoms with Gasteiger partial charge in [0.15, 0.2) is 0 Å². The van der Waals surface area contributed by atoms with Gasteiger partial charge < -0.3 is 9.38 Å². The minimum atomic E-state index is -0.190. The summed E-state index contributed by atoms with van der Waals surface area (Å²) in [5.41, 5.74) is 24.2. The lowest BCUT2D eigenvalue weighted by Crippen LogP contribution is -2.61. The molecule has 0 radical (unpaired) electrons. The van der Waals surface area contributed by atoms with Crippen molar-refractivity contribution in [2.45, 2.75) is 133 Å². The largest absolute Gasteiger partial charge is 0.376 e. The van der Waals surface area contributed by atoms with Gasteiger partial charge in [0.2, 0.25) is 0 Å². The van der Waals surface area contributed by atoms with E-state index in [-0.39, 0.29) is 28.5 Å². The summed E-state index contributed by atoms with van der Waals surface area (Å²) in [7, 11) is 0. The molecule has 2 nitrogen and oxygen atoms in total. The van der Waals surface area contributed by atoms with E-state index in [9.17, 15) is 0 Å². The summed E-state index contributed by atoms with van der Waals surface area (Å²) in [6.45, 7) is 12.4. The zero-order valence-electron chi connectivity index (χ0n) is 44.8. The molecule has 6 fully saturated rings. The first-order valence-electron chi connectivity index (χ1n) is 29.4. The Bertz CT molecular complexity index is 3880. The Labute approximate surface area is 444 Å². The van der Waals surface area contributed by atoms with Crippen LogP contribution in [0, 0.1) is 29.6 Å². The molecule has 0 N–H and O–H groups in total. The van der Waals surface area contributed by atoms with Crippen LogP contribution in [0.3, 0.4) is 0 Å². The lowest BCUT2D eigenvalue weighted by Gasteiger charge is -2.57. The first-order chi connectivity index (χ1) is 36.5. The van der Waals surface area contributed by atoms with E-state index in [1.54, 1.807) is 11.1 Å². The maximum Gasteiger partial charge on any atom is 0.333 e. The lowest BCUT2D eigenvalue weighted by atomic mass is 9.42. The molecule has 2 aliphatic heterocycles. The zero-order chi connectivity index (χ0) is 49.9. The SMILES string of the molecule is CCC1(c2ccc3c(c2)c2cc(C45CC6CC(CC(C6)C4)C5)cc4c2n3-c2c3c(cc5ccccc25)-c2cc5c(cc2N(c2ccc(-c6ccccc6)cc2)B34)C(C)(C)c2ccccc2C5(C)C)CC2CCC(C2)C1. The second kappa shape index (κ2) is 15.0. The molecule has 370 valence electrons. The Morgan fingerprint density at radius 3 is 1.81 bits per heavy atom. The fourth-order valence-corrected chi connectivity index (χ4v) is 19.5. The predicted octanol–water partition coefficient (Wildman–Crippen LogP) is 17.1. The maximum atomic E-state index is 2.85. The van der Waals surface area contributed by atoms with Crippen LogP contribution >= 0.6 is 0 Å². The summed E-state index contributed by atoms with van der Waals surface area (Å²) in [6, 6.07) is 61.0. The summed E-state index contributed by atoms with van der Waals surface area (Å²) >= 11 is 0. The van der Waals surface area contributed by atoms with Crippen LogP contribution in [0.1, 0.15) is 145 Å². The summed E-state index contributed by atoms with van der Waals surface area (Å²) in [6.07, 6.45) is 16.7. The van der Waals surface area contributed by atoms with Gasteiger partial charge in [-0.3, -0.25) is 0 Å². The molecule has 18 rings (SSSR count). The number of anilines is 2. The summed E-state index contributed by atoms with van der Waals surface area (Å²) in [5, 5.41) is 5.65. The number of nitrogens with zero attached hydrogens (tertiary/aromatic N) is 2. The molecule has 1 aromatic heterocycles. The Morgan fingerprint density at radius 1 is 0.507 bits per heavy atom. The molecule has 6 bridgehead atoms. The molecule has 3 heteroatoms. The topological polar surface area (TPSA) is 8.17 Å². The van der Waals surface area contributed by atoms with E-state index in [0.29, 0.717) is 0 Å². The number of hydrogen-bond donors (Lipinski definition) is 0. The molecule has 0 amide bonds. The number of rotatable bonds is 5. The molecule has 2 unspecified atom stereocenters. The van der Waals surface area contributed by atoms with Crippen molar-refractivity contribution >= 4 is 61.7 Å². The predicted molar refractivity (Wildman–Crippen MR) is 315 cm³/mol. The fraction of sp³-hybridized carbons (Fsp3) is 0.361. The first kappa shape index (κ1) is 43.9.